The molecule has 0 rings (SSSR count). The van der Waals surface area contributed by atoms with Crippen LogP contribution in [0.2, 0.25) is 0 Å². The van der Waals surface area contributed by atoms with E-state index in [1.807, 2.05) is 0 Å². The third-order valence-corrected chi connectivity index (χ3v) is 2.72. The Morgan fingerprint density at radius 3 is 2.23 bits per heavy atom. The normalized spacial score (nSPS) is 13.5. The van der Waals surface area contributed by atoms with E-state index in [2.05, 4.69) is 40.7 Å². The molecule has 0 heterocycles. The van der Waals surface area contributed by atoms with Gasteiger partial charge in [0, 0.05) is 0 Å². The summed E-state index contributed by atoms with van der Waals surface area (Å²) >= 11 is 0. The molecule has 0 unspecified atom stereocenters. The van der Waals surface area contributed by atoms with E-state index < -0.39 is 0 Å². The second-order valence-corrected chi connectivity index (χ2v) is 4.79. The van der Waals surface area contributed by atoms with Gasteiger partial charge in [-0.05, 0) is 31.6 Å². The Hall–Kier alpha value is -0.260. The van der Waals surface area contributed by atoms with Crippen LogP contribution in [0.5, 0.6) is 0 Å². The number of unbranched alkanes of at least 4 members (excludes halogenated alkanes) is 2. The van der Waals surface area contributed by atoms with Gasteiger partial charge in [-0.3, -0.25) is 0 Å². The van der Waals surface area contributed by atoms with Crippen molar-refractivity contribution in [3.8, 4) is 0 Å². The first-order valence-corrected chi connectivity index (χ1v) is 5.70. The molecule has 0 saturated carbocycles. The standard InChI is InChI=1S/C13H26/c1-6-8-9-10-12(3)11-13(4,5)7-2/h11H,6-10H2,1-5H3. The molecule has 0 amide bonds. The second kappa shape index (κ2) is 6.23. The molecule has 0 heteroatoms. The fourth-order valence-electron chi connectivity index (χ4n) is 1.50. The third-order valence-electron chi connectivity index (χ3n) is 2.72. The highest BCUT2D eigenvalue weighted by Crippen LogP contribution is 2.24. The van der Waals surface area contributed by atoms with E-state index in [0.717, 1.165) is 0 Å². The first-order chi connectivity index (χ1) is 6.02. The SMILES string of the molecule is CCCCCC(C)=CC(C)(C)CC. The molecule has 0 aromatic heterocycles. The fraction of sp³-hybridized carbons (Fsp3) is 0.846. The van der Waals surface area contributed by atoms with Crippen LogP contribution in [0.1, 0.15) is 66.7 Å². The Bertz CT molecular complexity index is 151. The van der Waals surface area contributed by atoms with Gasteiger partial charge in [0.1, 0.15) is 0 Å². The summed E-state index contributed by atoms with van der Waals surface area (Å²) in [6.45, 7) is 11.4. The zero-order valence-electron chi connectivity index (χ0n) is 10.1. The number of hydrogen-bond donors (Lipinski definition) is 0. The maximum absolute atomic E-state index is 2.45. The monoisotopic (exact) mass is 182 g/mol. The average Bonchev–Trinajstić information content (AvgIpc) is 2.04. The zero-order valence-corrected chi connectivity index (χ0v) is 10.1. The minimum atomic E-state index is 0.399. The molecule has 0 radical (unpaired) electrons. The van der Waals surface area contributed by atoms with Crippen LogP contribution in [0, 0.1) is 5.41 Å². The molecule has 78 valence electrons. The van der Waals surface area contributed by atoms with E-state index in [4.69, 9.17) is 0 Å². The topological polar surface area (TPSA) is 0 Å². The van der Waals surface area contributed by atoms with E-state index >= 15 is 0 Å². The Kier molecular flexibility index (Phi) is 6.11. The Morgan fingerprint density at radius 2 is 1.77 bits per heavy atom. The lowest BCUT2D eigenvalue weighted by atomic mass is 9.87. The molecule has 0 fully saturated rings. The lowest BCUT2D eigenvalue weighted by Crippen LogP contribution is -2.05. The van der Waals surface area contributed by atoms with Gasteiger partial charge in [0.2, 0.25) is 0 Å². The van der Waals surface area contributed by atoms with Gasteiger partial charge in [-0.2, -0.15) is 0 Å². The fourth-order valence-corrected chi connectivity index (χ4v) is 1.50. The predicted molar refractivity (Wildman–Crippen MR) is 62.0 cm³/mol. The van der Waals surface area contributed by atoms with E-state index in [0.29, 0.717) is 5.41 Å². The van der Waals surface area contributed by atoms with Crippen LogP contribution in [0.3, 0.4) is 0 Å². The minimum absolute atomic E-state index is 0.399. The molecule has 0 aliphatic rings. The summed E-state index contributed by atoms with van der Waals surface area (Å²) in [5.74, 6) is 0. The van der Waals surface area contributed by atoms with Crippen molar-refractivity contribution in [3.63, 3.8) is 0 Å². The second-order valence-electron chi connectivity index (χ2n) is 4.79. The van der Waals surface area contributed by atoms with Gasteiger partial charge in [0.15, 0.2) is 0 Å². The number of rotatable bonds is 6. The number of hydrogen-bond acceptors (Lipinski definition) is 0. The molecule has 0 aliphatic heterocycles. The van der Waals surface area contributed by atoms with Gasteiger partial charge in [-0.25, -0.2) is 0 Å². The summed E-state index contributed by atoms with van der Waals surface area (Å²) in [5, 5.41) is 0. The van der Waals surface area contributed by atoms with Crippen LogP contribution >= 0.6 is 0 Å². The van der Waals surface area contributed by atoms with Crippen LogP contribution in [0.25, 0.3) is 0 Å². The maximum atomic E-state index is 2.45. The zero-order chi connectivity index (χ0) is 10.3. The molecule has 0 N–H and O–H groups in total. The van der Waals surface area contributed by atoms with Crippen LogP contribution in [-0.4, -0.2) is 0 Å². The molecule has 0 aromatic carbocycles. The quantitative estimate of drug-likeness (QED) is 0.403. The van der Waals surface area contributed by atoms with E-state index in [9.17, 15) is 0 Å². The van der Waals surface area contributed by atoms with E-state index in [1.165, 1.54) is 32.1 Å². The summed E-state index contributed by atoms with van der Waals surface area (Å²) < 4.78 is 0. The maximum Gasteiger partial charge on any atom is -0.0175 e. The molecular formula is C13H26. The van der Waals surface area contributed by atoms with Crippen LogP contribution < -0.4 is 0 Å². The van der Waals surface area contributed by atoms with Crippen molar-refractivity contribution in [2.45, 2.75) is 66.7 Å². The van der Waals surface area contributed by atoms with Crippen LogP contribution in [-0.2, 0) is 0 Å². The van der Waals surface area contributed by atoms with E-state index in [1.54, 1.807) is 5.57 Å². The first-order valence-electron chi connectivity index (χ1n) is 5.70. The summed E-state index contributed by atoms with van der Waals surface area (Å²) in [4.78, 5) is 0. The third kappa shape index (κ3) is 6.86. The molecule has 0 atom stereocenters. The van der Waals surface area contributed by atoms with Crippen molar-refractivity contribution >= 4 is 0 Å². The van der Waals surface area contributed by atoms with Crippen LogP contribution in [0.15, 0.2) is 11.6 Å². The first kappa shape index (κ1) is 12.7. The van der Waals surface area contributed by atoms with Gasteiger partial charge in [-0.15, -0.1) is 0 Å². The molecule has 13 heavy (non-hydrogen) atoms. The molecule has 0 aliphatic carbocycles. The Balaban J connectivity index is 3.87. The highest BCUT2D eigenvalue weighted by Gasteiger charge is 2.10. The lowest BCUT2D eigenvalue weighted by molar-refractivity contribution is 0.457. The van der Waals surface area contributed by atoms with Crippen molar-refractivity contribution in [2.24, 2.45) is 5.41 Å². The number of allylic oxidation sites excluding steroid dienone is 2. The minimum Gasteiger partial charge on any atom is -0.0799 e. The highest BCUT2D eigenvalue weighted by molar-refractivity contribution is 5.04. The summed E-state index contributed by atoms with van der Waals surface area (Å²) in [6, 6.07) is 0. The lowest BCUT2D eigenvalue weighted by Gasteiger charge is -2.18. The van der Waals surface area contributed by atoms with Crippen molar-refractivity contribution in [1.82, 2.24) is 0 Å². The smallest absolute Gasteiger partial charge is 0.0175 e. The Morgan fingerprint density at radius 1 is 1.15 bits per heavy atom. The molecule has 0 saturated heterocycles. The molecular weight excluding hydrogens is 156 g/mol. The molecule has 0 nitrogen and oxygen atoms in total. The average molecular weight is 182 g/mol. The summed E-state index contributed by atoms with van der Waals surface area (Å²) in [7, 11) is 0. The van der Waals surface area contributed by atoms with Crippen molar-refractivity contribution in [1.29, 1.82) is 0 Å². The van der Waals surface area contributed by atoms with Gasteiger partial charge in [-0.1, -0.05) is 52.2 Å². The van der Waals surface area contributed by atoms with Crippen molar-refractivity contribution in [3.05, 3.63) is 11.6 Å². The summed E-state index contributed by atoms with van der Waals surface area (Å²) in [6.07, 6.45) is 9.03. The van der Waals surface area contributed by atoms with Gasteiger partial charge in [0.25, 0.3) is 0 Å². The van der Waals surface area contributed by atoms with E-state index in [-0.39, 0.29) is 0 Å². The Labute approximate surface area is 84.4 Å². The van der Waals surface area contributed by atoms with Crippen LogP contribution in [0.4, 0.5) is 0 Å². The molecule has 0 bridgehead atoms. The van der Waals surface area contributed by atoms with Gasteiger partial charge >= 0.3 is 0 Å². The highest BCUT2D eigenvalue weighted by atomic mass is 14.2. The van der Waals surface area contributed by atoms with Crippen molar-refractivity contribution < 1.29 is 0 Å². The largest absolute Gasteiger partial charge is 0.0799 e. The van der Waals surface area contributed by atoms with Gasteiger partial charge in [0.05, 0.1) is 0 Å². The molecule has 0 spiro atoms. The van der Waals surface area contributed by atoms with Crippen molar-refractivity contribution in [2.75, 3.05) is 0 Å². The predicted octanol–water partition coefficient (Wildman–Crippen LogP) is 4.95. The molecule has 0 aromatic rings. The van der Waals surface area contributed by atoms with Gasteiger partial charge < -0.3 is 0 Å². The summed E-state index contributed by atoms with van der Waals surface area (Å²) in [5.41, 5.74) is 1.97.